The van der Waals surface area contributed by atoms with E-state index in [2.05, 4.69) is 33.6 Å². The average molecular weight is 554 g/mol. The molecule has 0 saturated carbocycles. The Balaban J connectivity index is 1.52. The predicted octanol–water partition coefficient (Wildman–Crippen LogP) is 5.70. The van der Waals surface area contributed by atoms with Crippen LogP contribution in [0.5, 0.6) is 5.75 Å². The summed E-state index contributed by atoms with van der Waals surface area (Å²) in [6.45, 7) is 9.69. The summed E-state index contributed by atoms with van der Waals surface area (Å²) in [6.07, 6.45) is 5.11. The van der Waals surface area contributed by atoms with E-state index in [1.807, 2.05) is 58.0 Å². The van der Waals surface area contributed by atoms with E-state index in [-0.39, 0.29) is 22.6 Å². The molecule has 4 rings (SSSR count). The van der Waals surface area contributed by atoms with E-state index in [1.54, 1.807) is 18.3 Å². The van der Waals surface area contributed by atoms with Crippen molar-refractivity contribution in [2.24, 2.45) is 0 Å². The largest absolute Gasteiger partial charge is 0.495 e. The number of rotatable bonds is 7. The lowest BCUT2D eigenvalue weighted by Gasteiger charge is -2.32. The van der Waals surface area contributed by atoms with E-state index in [1.165, 1.54) is 20.0 Å². The van der Waals surface area contributed by atoms with Gasteiger partial charge in [0.25, 0.3) is 11.8 Å². The van der Waals surface area contributed by atoms with Crippen molar-refractivity contribution in [2.45, 2.75) is 58.4 Å². The van der Waals surface area contributed by atoms with Crippen LogP contribution in [-0.4, -0.2) is 55.0 Å². The number of piperidine rings is 1. The number of ether oxygens (including phenoxy) is 1. The second kappa shape index (κ2) is 12.5. The number of pyridine rings is 1. The number of amides is 2. The number of nitriles is 1. The Morgan fingerprint density at radius 1 is 1.12 bits per heavy atom. The van der Waals surface area contributed by atoms with E-state index in [0.717, 1.165) is 35.3 Å². The van der Waals surface area contributed by atoms with Crippen molar-refractivity contribution >= 4 is 17.5 Å². The quantitative estimate of drug-likeness (QED) is 0.389. The Morgan fingerprint density at radius 2 is 1.85 bits per heavy atom. The number of aromatic nitrogens is 1. The molecule has 8 heteroatoms. The molecule has 2 heterocycles. The van der Waals surface area contributed by atoms with Crippen molar-refractivity contribution in [3.63, 3.8) is 0 Å². The van der Waals surface area contributed by atoms with Gasteiger partial charge < -0.3 is 20.3 Å². The molecular formula is C33H39N5O3. The standard InChI is InChI=1S/C33H39N5O3/c1-21-28(22-10-12-23(13-11-22)31(39)36-20-27-9-7-8-14-38(27)5)17-26(19-35-21)37-32(40)29-16-25(33(2,3)4)15-24(18-34)30(29)41-6/h10-13,15-17,19,27H,7-9,14,20H2,1-6H3,(H,36,39)(H,37,40). The minimum absolute atomic E-state index is 0.0884. The lowest BCUT2D eigenvalue weighted by atomic mass is 9.84. The molecule has 1 atom stereocenters. The van der Waals surface area contributed by atoms with Crippen molar-refractivity contribution in [3.05, 3.63) is 76.6 Å². The molecule has 1 fully saturated rings. The molecule has 0 aliphatic carbocycles. The molecule has 1 aromatic heterocycles. The Morgan fingerprint density at radius 3 is 2.49 bits per heavy atom. The van der Waals surface area contributed by atoms with Gasteiger partial charge in [0.2, 0.25) is 0 Å². The maximum absolute atomic E-state index is 13.4. The molecule has 0 spiro atoms. The van der Waals surface area contributed by atoms with Crippen LogP contribution < -0.4 is 15.4 Å². The number of nitrogens with one attached hydrogen (secondary N) is 2. The normalized spacial score (nSPS) is 15.6. The highest BCUT2D eigenvalue weighted by Crippen LogP contribution is 2.32. The van der Waals surface area contributed by atoms with Crippen LogP contribution >= 0.6 is 0 Å². The van der Waals surface area contributed by atoms with Gasteiger partial charge in [-0.3, -0.25) is 14.6 Å². The fourth-order valence-electron chi connectivity index (χ4n) is 5.14. The summed E-state index contributed by atoms with van der Waals surface area (Å²) in [7, 11) is 3.56. The van der Waals surface area contributed by atoms with Crippen molar-refractivity contribution in [2.75, 3.05) is 32.6 Å². The maximum atomic E-state index is 13.4. The molecule has 8 nitrogen and oxygen atoms in total. The van der Waals surface area contributed by atoms with Gasteiger partial charge in [0.15, 0.2) is 0 Å². The highest BCUT2D eigenvalue weighted by Gasteiger charge is 2.24. The number of methoxy groups -OCH3 is 1. The number of hydrogen-bond donors (Lipinski definition) is 2. The number of likely N-dealkylation sites (N-methyl/N-ethyl adjacent to an activating group) is 1. The van der Waals surface area contributed by atoms with Gasteiger partial charge in [-0.2, -0.15) is 5.26 Å². The molecule has 3 aromatic rings. The average Bonchev–Trinajstić information content (AvgIpc) is 2.96. The Hall–Kier alpha value is -4.22. The minimum atomic E-state index is -0.392. The number of carbonyl (C=O) groups excluding carboxylic acids is 2. The van der Waals surface area contributed by atoms with Gasteiger partial charge in [0.05, 0.1) is 30.1 Å². The second-order valence-corrected chi connectivity index (χ2v) is 11.7. The van der Waals surface area contributed by atoms with Crippen LogP contribution in [-0.2, 0) is 5.41 Å². The summed E-state index contributed by atoms with van der Waals surface area (Å²) >= 11 is 0. The lowest BCUT2D eigenvalue weighted by molar-refractivity contribution is 0.0928. The van der Waals surface area contributed by atoms with Crippen molar-refractivity contribution in [1.82, 2.24) is 15.2 Å². The molecule has 0 bridgehead atoms. The third kappa shape index (κ3) is 6.93. The molecule has 0 radical (unpaired) electrons. The molecule has 1 saturated heterocycles. The summed E-state index contributed by atoms with van der Waals surface area (Å²) < 4.78 is 5.46. The summed E-state index contributed by atoms with van der Waals surface area (Å²) in [4.78, 5) is 33.0. The van der Waals surface area contributed by atoms with Gasteiger partial charge in [-0.25, -0.2) is 0 Å². The number of benzene rings is 2. The molecule has 1 aliphatic rings. The fourth-order valence-corrected chi connectivity index (χ4v) is 5.14. The molecule has 2 amide bonds. The lowest BCUT2D eigenvalue weighted by Crippen LogP contribution is -2.44. The Labute approximate surface area is 242 Å². The molecule has 41 heavy (non-hydrogen) atoms. The van der Waals surface area contributed by atoms with Crippen LogP contribution in [0.2, 0.25) is 0 Å². The van der Waals surface area contributed by atoms with Crippen molar-refractivity contribution in [1.29, 1.82) is 5.26 Å². The van der Waals surface area contributed by atoms with Gasteiger partial charge in [0.1, 0.15) is 11.8 Å². The fraction of sp³-hybridized carbons (Fsp3) is 0.394. The minimum Gasteiger partial charge on any atom is -0.495 e. The first-order valence-electron chi connectivity index (χ1n) is 14.0. The van der Waals surface area contributed by atoms with E-state index in [4.69, 9.17) is 4.74 Å². The first-order valence-corrected chi connectivity index (χ1v) is 14.0. The molecular weight excluding hydrogens is 514 g/mol. The monoisotopic (exact) mass is 553 g/mol. The topological polar surface area (TPSA) is 107 Å². The number of hydrogen-bond acceptors (Lipinski definition) is 6. The highest BCUT2D eigenvalue weighted by molar-refractivity contribution is 6.07. The van der Waals surface area contributed by atoms with Gasteiger partial charge in [-0.1, -0.05) is 39.3 Å². The Bertz CT molecular complexity index is 1470. The zero-order chi connectivity index (χ0) is 29.7. The zero-order valence-electron chi connectivity index (χ0n) is 24.8. The predicted molar refractivity (Wildman–Crippen MR) is 161 cm³/mol. The number of anilines is 1. The first-order chi connectivity index (χ1) is 19.5. The van der Waals surface area contributed by atoms with Crippen LogP contribution in [0.1, 0.15) is 77.6 Å². The summed E-state index contributed by atoms with van der Waals surface area (Å²) in [5, 5.41) is 15.7. The highest BCUT2D eigenvalue weighted by atomic mass is 16.5. The van der Waals surface area contributed by atoms with Gasteiger partial charge in [0, 0.05) is 29.4 Å². The number of nitrogens with zero attached hydrogens (tertiary/aromatic N) is 3. The molecule has 1 unspecified atom stereocenters. The van der Waals surface area contributed by atoms with Crippen LogP contribution in [0.15, 0.2) is 48.7 Å². The van der Waals surface area contributed by atoms with E-state index < -0.39 is 5.91 Å². The van der Waals surface area contributed by atoms with E-state index in [0.29, 0.717) is 29.4 Å². The SMILES string of the molecule is COc1c(C#N)cc(C(C)(C)C)cc1C(=O)Nc1cnc(C)c(-c2ccc(C(=O)NCC3CCCCN3C)cc2)c1. The van der Waals surface area contributed by atoms with Crippen molar-refractivity contribution < 1.29 is 14.3 Å². The summed E-state index contributed by atoms with van der Waals surface area (Å²) in [6, 6.07) is 15.3. The first kappa shape index (κ1) is 29.8. The maximum Gasteiger partial charge on any atom is 0.259 e. The van der Waals surface area contributed by atoms with E-state index in [9.17, 15) is 14.9 Å². The summed E-state index contributed by atoms with van der Waals surface area (Å²) in [5.41, 5.74) is 4.81. The number of carbonyl (C=O) groups is 2. The molecule has 214 valence electrons. The van der Waals surface area contributed by atoms with Crippen molar-refractivity contribution in [3.8, 4) is 22.9 Å². The van der Waals surface area contributed by atoms with Gasteiger partial charge in [-0.15, -0.1) is 0 Å². The van der Waals surface area contributed by atoms with Crippen LogP contribution in [0.3, 0.4) is 0 Å². The smallest absolute Gasteiger partial charge is 0.259 e. The number of likely N-dealkylation sites (tertiary alicyclic amines) is 1. The number of aryl methyl sites for hydroxylation is 1. The summed E-state index contributed by atoms with van der Waals surface area (Å²) in [5.74, 6) is -0.242. The molecule has 2 aromatic carbocycles. The molecule has 1 aliphatic heterocycles. The molecule has 2 N–H and O–H groups in total. The van der Waals surface area contributed by atoms with Crippen LogP contribution in [0, 0.1) is 18.3 Å². The van der Waals surface area contributed by atoms with Crippen LogP contribution in [0.25, 0.3) is 11.1 Å². The van der Waals surface area contributed by atoms with Gasteiger partial charge in [-0.05, 0) is 80.2 Å². The second-order valence-electron chi connectivity index (χ2n) is 11.7. The Kier molecular flexibility index (Phi) is 9.09. The van der Waals surface area contributed by atoms with E-state index >= 15 is 0 Å². The van der Waals surface area contributed by atoms with Gasteiger partial charge >= 0.3 is 0 Å². The third-order valence-electron chi connectivity index (χ3n) is 7.75. The third-order valence-corrected chi connectivity index (χ3v) is 7.75. The van der Waals surface area contributed by atoms with Crippen LogP contribution in [0.4, 0.5) is 5.69 Å². The zero-order valence-corrected chi connectivity index (χ0v) is 24.8.